The maximum Gasteiger partial charge on any atom is 0.265 e. The molecule has 0 aliphatic rings. The highest BCUT2D eigenvalue weighted by atomic mass is 16.3. The topological polar surface area (TPSA) is 85.3 Å². The number of rotatable bonds is 3. The quantitative estimate of drug-likeness (QED) is 0.823. The maximum atomic E-state index is 12.3. The molecule has 1 heterocycles. The van der Waals surface area contributed by atoms with Gasteiger partial charge in [-0.05, 0) is 30.5 Å². The molecule has 0 spiro atoms. The van der Waals surface area contributed by atoms with Crippen molar-refractivity contribution in [3.8, 4) is 0 Å². The predicted octanol–water partition coefficient (Wildman–Crippen LogP) is 0.454. The second-order valence-electron chi connectivity index (χ2n) is 4.10. The fourth-order valence-corrected chi connectivity index (χ4v) is 1.91. The number of aliphatic hydroxyl groups is 1. The number of aromatic nitrogens is 1. The van der Waals surface area contributed by atoms with Gasteiger partial charge in [-0.1, -0.05) is 12.1 Å². The first-order valence-corrected chi connectivity index (χ1v) is 5.53. The highest BCUT2D eigenvalue weighted by Crippen LogP contribution is 2.14. The molecule has 2 rings (SSSR count). The summed E-state index contributed by atoms with van der Waals surface area (Å²) in [5.74, 6) is -0.702. The number of nitrogens with two attached hydrogens (primary N) is 1. The summed E-state index contributed by atoms with van der Waals surface area (Å²) >= 11 is 0. The molecule has 1 aromatic carbocycles. The highest BCUT2D eigenvalue weighted by Gasteiger charge is 2.16. The van der Waals surface area contributed by atoms with Crippen LogP contribution in [-0.4, -0.2) is 22.2 Å². The van der Waals surface area contributed by atoms with E-state index in [1.54, 1.807) is 25.1 Å². The Morgan fingerprint density at radius 3 is 2.94 bits per heavy atom. The molecule has 2 aromatic rings. The van der Waals surface area contributed by atoms with Gasteiger partial charge in [0.05, 0.1) is 12.6 Å². The van der Waals surface area contributed by atoms with Crippen molar-refractivity contribution in [1.29, 1.82) is 0 Å². The molecule has 0 fully saturated rings. The monoisotopic (exact) mass is 245 g/mol. The summed E-state index contributed by atoms with van der Waals surface area (Å²) in [5, 5.41) is 10.2. The van der Waals surface area contributed by atoms with E-state index in [0.29, 0.717) is 10.8 Å². The minimum absolute atomic E-state index is 0.0801. The zero-order chi connectivity index (χ0) is 13.3. The van der Waals surface area contributed by atoms with E-state index in [-0.39, 0.29) is 17.9 Å². The van der Waals surface area contributed by atoms with Crippen LogP contribution < -0.4 is 11.3 Å². The Labute approximate surface area is 103 Å². The minimum atomic E-state index is -0.702. The summed E-state index contributed by atoms with van der Waals surface area (Å²) in [4.78, 5) is 23.7. The van der Waals surface area contributed by atoms with Crippen molar-refractivity contribution in [2.75, 3.05) is 6.61 Å². The standard InChI is InChI=1S/C13H13N2O3/c1-8(7-16)15-11(12(14)17)6-9-4-2-3-5-10(9)13(15)18/h2-3,5-6,8,16H,7H2,1H3,(H2,14,17). The van der Waals surface area contributed by atoms with Crippen molar-refractivity contribution in [2.24, 2.45) is 5.73 Å². The van der Waals surface area contributed by atoms with Crippen LogP contribution in [0.25, 0.3) is 10.8 Å². The molecule has 0 saturated carbocycles. The van der Waals surface area contributed by atoms with E-state index in [0.717, 1.165) is 0 Å². The first-order valence-electron chi connectivity index (χ1n) is 5.53. The third-order valence-electron chi connectivity index (χ3n) is 2.84. The molecule has 0 bridgehead atoms. The van der Waals surface area contributed by atoms with Gasteiger partial charge in [-0.2, -0.15) is 0 Å². The number of nitrogens with zero attached hydrogens (tertiary/aromatic N) is 1. The Morgan fingerprint density at radius 2 is 2.33 bits per heavy atom. The van der Waals surface area contributed by atoms with Gasteiger partial charge in [-0.15, -0.1) is 0 Å². The molecule has 1 amide bonds. The average Bonchev–Trinajstić information content (AvgIpc) is 2.37. The lowest BCUT2D eigenvalue weighted by atomic mass is 10.1. The summed E-state index contributed by atoms with van der Waals surface area (Å²) in [6, 6.07) is 8.90. The molecule has 0 saturated heterocycles. The van der Waals surface area contributed by atoms with Gasteiger partial charge in [0.15, 0.2) is 0 Å². The molecule has 0 aliphatic carbocycles. The van der Waals surface area contributed by atoms with Crippen molar-refractivity contribution in [1.82, 2.24) is 4.57 Å². The number of primary amides is 1. The van der Waals surface area contributed by atoms with Crippen LogP contribution in [0.3, 0.4) is 0 Å². The molecular weight excluding hydrogens is 232 g/mol. The van der Waals surface area contributed by atoms with Crippen LogP contribution in [0.2, 0.25) is 0 Å². The number of carbonyl (C=O) groups is 1. The lowest BCUT2D eigenvalue weighted by molar-refractivity contribution is 0.0985. The predicted molar refractivity (Wildman–Crippen MR) is 67.4 cm³/mol. The van der Waals surface area contributed by atoms with E-state index < -0.39 is 11.9 Å². The van der Waals surface area contributed by atoms with Gasteiger partial charge in [-0.3, -0.25) is 14.2 Å². The molecule has 1 atom stereocenters. The van der Waals surface area contributed by atoms with Crippen LogP contribution in [-0.2, 0) is 0 Å². The van der Waals surface area contributed by atoms with Crippen molar-refractivity contribution in [3.63, 3.8) is 0 Å². The molecule has 93 valence electrons. The Balaban J connectivity index is 2.88. The number of benzene rings is 1. The van der Waals surface area contributed by atoms with Gasteiger partial charge in [0.25, 0.3) is 11.5 Å². The molecule has 5 heteroatoms. The van der Waals surface area contributed by atoms with Crippen molar-refractivity contribution >= 4 is 16.7 Å². The average molecular weight is 245 g/mol. The first-order chi connectivity index (χ1) is 8.56. The van der Waals surface area contributed by atoms with Crippen LogP contribution in [0.1, 0.15) is 23.5 Å². The van der Waals surface area contributed by atoms with E-state index in [1.165, 1.54) is 10.6 Å². The lowest BCUT2D eigenvalue weighted by Crippen LogP contribution is -2.32. The molecule has 18 heavy (non-hydrogen) atoms. The summed E-state index contributed by atoms with van der Waals surface area (Å²) in [7, 11) is 0. The van der Waals surface area contributed by atoms with Gasteiger partial charge in [0, 0.05) is 5.39 Å². The van der Waals surface area contributed by atoms with E-state index in [4.69, 9.17) is 5.73 Å². The maximum absolute atomic E-state index is 12.3. The SMILES string of the molecule is CC(CO)n1c(C(N)=O)cc2[c]cccc2c1=O. The van der Waals surface area contributed by atoms with E-state index in [9.17, 15) is 14.7 Å². The third-order valence-corrected chi connectivity index (χ3v) is 2.84. The van der Waals surface area contributed by atoms with Crippen LogP contribution >= 0.6 is 0 Å². The van der Waals surface area contributed by atoms with Gasteiger partial charge >= 0.3 is 0 Å². The van der Waals surface area contributed by atoms with Gasteiger partial charge in [0.2, 0.25) is 0 Å². The summed E-state index contributed by atoms with van der Waals surface area (Å²) in [6.07, 6.45) is 0. The highest BCUT2D eigenvalue weighted by molar-refractivity contribution is 5.95. The zero-order valence-electron chi connectivity index (χ0n) is 9.88. The van der Waals surface area contributed by atoms with Crippen molar-refractivity contribution in [2.45, 2.75) is 13.0 Å². The number of hydrogen-bond acceptors (Lipinski definition) is 3. The number of carbonyl (C=O) groups excluding carboxylic acids is 1. The van der Waals surface area contributed by atoms with Crippen LogP contribution in [0.5, 0.6) is 0 Å². The van der Waals surface area contributed by atoms with Gasteiger partial charge < -0.3 is 10.8 Å². The van der Waals surface area contributed by atoms with Crippen LogP contribution in [0.4, 0.5) is 0 Å². The number of fused-ring (bicyclic) bond motifs is 1. The van der Waals surface area contributed by atoms with E-state index >= 15 is 0 Å². The van der Waals surface area contributed by atoms with E-state index in [2.05, 4.69) is 6.07 Å². The summed E-state index contributed by atoms with van der Waals surface area (Å²) < 4.78 is 1.22. The Kier molecular flexibility index (Phi) is 3.16. The van der Waals surface area contributed by atoms with Gasteiger partial charge in [-0.25, -0.2) is 0 Å². The third kappa shape index (κ3) is 1.89. The first kappa shape index (κ1) is 12.3. The number of amides is 1. The number of aliphatic hydroxyl groups excluding tert-OH is 1. The van der Waals surface area contributed by atoms with Gasteiger partial charge in [0.1, 0.15) is 5.69 Å². The normalized spacial score (nSPS) is 12.6. The second kappa shape index (κ2) is 4.62. The smallest absolute Gasteiger partial charge is 0.265 e. The Bertz CT molecular complexity index is 661. The number of pyridine rings is 1. The summed E-state index contributed by atoms with van der Waals surface area (Å²) in [5.41, 5.74) is 5.01. The second-order valence-corrected chi connectivity index (χ2v) is 4.10. The largest absolute Gasteiger partial charge is 0.394 e. The molecule has 1 radical (unpaired) electrons. The van der Waals surface area contributed by atoms with E-state index in [1.807, 2.05) is 0 Å². The summed E-state index contributed by atoms with van der Waals surface area (Å²) in [6.45, 7) is 1.40. The fraction of sp³-hybridized carbons (Fsp3) is 0.231. The molecule has 1 aromatic heterocycles. The molecule has 1 unspecified atom stereocenters. The molecule has 0 aliphatic heterocycles. The zero-order valence-corrected chi connectivity index (χ0v) is 9.88. The van der Waals surface area contributed by atoms with Crippen LogP contribution in [0.15, 0.2) is 29.1 Å². The molecular formula is C13H13N2O3. The number of hydrogen-bond donors (Lipinski definition) is 2. The van der Waals surface area contributed by atoms with Crippen LogP contribution in [0, 0.1) is 6.07 Å². The van der Waals surface area contributed by atoms with Crippen molar-refractivity contribution < 1.29 is 9.90 Å². The Morgan fingerprint density at radius 1 is 1.61 bits per heavy atom. The Hall–Kier alpha value is -2.14. The molecule has 5 nitrogen and oxygen atoms in total. The fourth-order valence-electron chi connectivity index (χ4n) is 1.91. The van der Waals surface area contributed by atoms with Crippen molar-refractivity contribution in [3.05, 3.63) is 46.4 Å². The lowest BCUT2D eigenvalue weighted by Gasteiger charge is -2.17. The minimum Gasteiger partial charge on any atom is -0.394 e. The molecule has 3 N–H and O–H groups in total.